The molecule has 3 unspecified atom stereocenters. The van der Waals surface area contributed by atoms with Gasteiger partial charge in [-0.15, -0.1) is 0 Å². The molecule has 3 atom stereocenters. The van der Waals surface area contributed by atoms with Crippen LogP contribution in [-0.4, -0.2) is 29.1 Å². The van der Waals surface area contributed by atoms with Gasteiger partial charge in [-0.2, -0.15) is 34.9 Å². The maximum atomic E-state index is 3.65. The number of nitrogens with one attached hydrogen (secondary N) is 1. The van der Waals surface area contributed by atoms with Crippen LogP contribution in [0.1, 0.15) is 18.5 Å². The highest BCUT2D eigenvalue weighted by atomic mass is 79.9. The highest BCUT2D eigenvalue weighted by Gasteiger charge is 2.31. The molecule has 2 heterocycles. The molecule has 0 aromatic carbocycles. The van der Waals surface area contributed by atoms with Crippen LogP contribution >= 0.6 is 50.8 Å². The quantitative estimate of drug-likeness (QED) is 0.894. The van der Waals surface area contributed by atoms with Crippen LogP contribution in [0.5, 0.6) is 0 Å². The van der Waals surface area contributed by atoms with Gasteiger partial charge in [-0.1, -0.05) is 6.92 Å². The second kappa shape index (κ2) is 6.14. The van der Waals surface area contributed by atoms with E-state index in [1.54, 1.807) is 11.3 Å². The Morgan fingerprint density at radius 2 is 2.12 bits per heavy atom. The predicted molar refractivity (Wildman–Crippen MR) is 82.0 cm³/mol. The molecule has 0 bridgehead atoms. The average molecular weight is 338 g/mol. The normalized spacial score (nSPS) is 27.9. The van der Waals surface area contributed by atoms with Crippen molar-refractivity contribution < 1.29 is 0 Å². The first-order valence-corrected chi connectivity index (χ1v) is 9.19. The van der Waals surface area contributed by atoms with Gasteiger partial charge in [0.2, 0.25) is 0 Å². The minimum absolute atomic E-state index is 0.466. The zero-order chi connectivity index (χ0) is 11.5. The van der Waals surface area contributed by atoms with E-state index in [1.165, 1.54) is 21.5 Å². The van der Waals surface area contributed by atoms with E-state index >= 15 is 0 Å². The third-order valence-corrected chi connectivity index (χ3v) is 7.80. The van der Waals surface area contributed by atoms with E-state index < -0.39 is 0 Å². The number of thioether (sulfide) groups is 2. The summed E-state index contributed by atoms with van der Waals surface area (Å²) >= 11 is 9.63. The molecule has 1 fully saturated rings. The van der Waals surface area contributed by atoms with Gasteiger partial charge in [0.15, 0.2) is 0 Å². The highest BCUT2D eigenvalue weighted by Crippen LogP contribution is 2.41. The monoisotopic (exact) mass is 337 g/mol. The molecule has 1 saturated heterocycles. The third-order valence-electron chi connectivity index (χ3n) is 2.85. The summed E-state index contributed by atoms with van der Waals surface area (Å²) in [5.74, 6) is 2.57. The largest absolute Gasteiger partial charge is 0.312 e. The Hall–Kier alpha value is 0.840. The standard InChI is InChI=1S/C11H16BrNS3/c1-7-11(16-4-3-15-7)10(13-2)8-5-14-6-9(8)12/h5-7,10-11,13H,3-4H2,1-2H3. The summed E-state index contributed by atoms with van der Waals surface area (Å²) in [6.45, 7) is 2.35. The Bertz CT molecular complexity index is 342. The van der Waals surface area contributed by atoms with Crippen molar-refractivity contribution in [2.75, 3.05) is 18.6 Å². The van der Waals surface area contributed by atoms with Gasteiger partial charge in [-0.25, -0.2) is 0 Å². The van der Waals surface area contributed by atoms with Crippen molar-refractivity contribution in [2.45, 2.75) is 23.5 Å². The SMILES string of the molecule is CNC(c1cscc1Br)C1SCCSC1C. The van der Waals surface area contributed by atoms with Gasteiger partial charge in [0.05, 0.1) is 0 Å². The fraction of sp³-hybridized carbons (Fsp3) is 0.636. The van der Waals surface area contributed by atoms with Gasteiger partial charge < -0.3 is 5.32 Å². The maximum absolute atomic E-state index is 3.65. The molecule has 1 aromatic rings. The van der Waals surface area contributed by atoms with Gasteiger partial charge in [-0.05, 0) is 33.9 Å². The third kappa shape index (κ3) is 2.80. The van der Waals surface area contributed by atoms with E-state index in [4.69, 9.17) is 0 Å². The van der Waals surface area contributed by atoms with Crippen molar-refractivity contribution in [3.05, 3.63) is 20.8 Å². The van der Waals surface area contributed by atoms with Crippen LogP contribution in [0, 0.1) is 0 Å². The minimum Gasteiger partial charge on any atom is -0.312 e. The Kier molecular flexibility index (Phi) is 5.09. The summed E-state index contributed by atoms with van der Waals surface area (Å²) in [5.41, 5.74) is 1.42. The second-order valence-electron chi connectivity index (χ2n) is 3.85. The minimum atomic E-state index is 0.466. The molecule has 5 heteroatoms. The number of hydrogen-bond donors (Lipinski definition) is 1. The van der Waals surface area contributed by atoms with Gasteiger partial charge in [0.25, 0.3) is 0 Å². The first kappa shape index (κ1) is 13.3. The molecule has 1 N–H and O–H groups in total. The van der Waals surface area contributed by atoms with Crippen LogP contribution in [0.25, 0.3) is 0 Å². The van der Waals surface area contributed by atoms with Gasteiger partial charge >= 0.3 is 0 Å². The summed E-state index contributed by atoms with van der Waals surface area (Å²) in [6.07, 6.45) is 0. The number of halogens is 1. The van der Waals surface area contributed by atoms with Gasteiger partial charge in [-0.3, -0.25) is 0 Å². The fourth-order valence-corrected chi connectivity index (χ4v) is 6.58. The topological polar surface area (TPSA) is 12.0 Å². The highest BCUT2D eigenvalue weighted by molar-refractivity contribution is 9.10. The van der Waals surface area contributed by atoms with Crippen molar-refractivity contribution in [1.82, 2.24) is 5.32 Å². The molecule has 90 valence electrons. The zero-order valence-electron chi connectivity index (χ0n) is 9.40. The van der Waals surface area contributed by atoms with E-state index in [9.17, 15) is 0 Å². The molecule has 2 rings (SSSR count). The van der Waals surface area contributed by atoms with Crippen LogP contribution in [0.2, 0.25) is 0 Å². The Labute approximate surface area is 118 Å². The molecule has 0 amide bonds. The predicted octanol–water partition coefficient (Wildman–Crippen LogP) is 4.01. The molecular formula is C11H16BrNS3. The molecule has 0 aliphatic carbocycles. The van der Waals surface area contributed by atoms with Crippen molar-refractivity contribution in [2.24, 2.45) is 0 Å². The van der Waals surface area contributed by atoms with Crippen molar-refractivity contribution >= 4 is 50.8 Å². The van der Waals surface area contributed by atoms with Crippen molar-refractivity contribution in [3.63, 3.8) is 0 Å². The average Bonchev–Trinajstić information content (AvgIpc) is 2.69. The lowest BCUT2D eigenvalue weighted by Gasteiger charge is -2.34. The summed E-state index contributed by atoms with van der Waals surface area (Å²) in [5, 5.41) is 9.32. The van der Waals surface area contributed by atoms with Crippen LogP contribution in [-0.2, 0) is 0 Å². The van der Waals surface area contributed by atoms with Crippen molar-refractivity contribution in [1.29, 1.82) is 0 Å². The second-order valence-corrected chi connectivity index (χ2v) is 8.22. The van der Waals surface area contributed by atoms with E-state index in [0.29, 0.717) is 11.3 Å². The lowest BCUT2D eigenvalue weighted by Crippen LogP contribution is -2.36. The molecule has 1 aliphatic rings. The lowest BCUT2D eigenvalue weighted by molar-refractivity contribution is 0.560. The smallest absolute Gasteiger partial charge is 0.0468 e. The van der Waals surface area contributed by atoms with Gasteiger partial charge in [0, 0.05) is 37.9 Å². The molecule has 16 heavy (non-hydrogen) atoms. The maximum Gasteiger partial charge on any atom is 0.0468 e. The van der Waals surface area contributed by atoms with Crippen LogP contribution in [0.3, 0.4) is 0 Å². The Balaban J connectivity index is 2.18. The number of hydrogen-bond acceptors (Lipinski definition) is 4. The van der Waals surface area contributed by atoms with Crippen LogP contribution in [0.4, 0.5) is 0 Å². The van der Waals surface area contributed by atoms with E-state index in [1.807, 2.05) is 0 Å². The summed E-state index contributed by atoms with van der Waals surface area (Å²) < 4.78 is 1.25. The molecule has 0 radical (unpaired) electrons. The Morgan fingerprint density at radius 1 is 1.38 bits per heavy atom. The molecule has 1 nitrogen and oxygen atoms in total. The van der Waals surface area contributed by atoms with Crippen LogP contribution in [0.15, 0.2) is 15.2 Å². The molecular weight excluding hydrogens is 322 g/mol. The summed E-state index contributed by atoms with van der Waals surface area (Å²) in [4.78, 5) is 0. The summed E-state index contributed by atoms with van der Waals surface area (Å²) in [6, 6.07) is 0.466. The molecule has 1 aromatic heterocycles. The van der Waals surface area contributed by atoms with Gasteiger partial charge in [0.1, 0.15) is 0 Å². The molecule has 0 saturated carbocycles. The lowest BCUT2D eigenvalue weighted by atomic mass is 10.1. The first-order chi connectivity index (χ1) is 7.74. The Morgan fingerprint density at radius 3 is 2.69 bits per heavy atom. The van der Waals surface area contributed by atoms with E-state index in [0.717, 1.165) is 5.25 Å². The molecule has 0 spiro atoms. The van der Waals surface area contributed by atoms with E-state index in [-0.39, 0.29) is 0 Å². The fourth-order valence-electron chi connectivity index (χ4n) is 2.03. The number of rotatable bonds is 3. The first-order valence-electron chi connectivity index (χ1n) is 5.36. The van der Waals surface area contributed by atoms with Crippen molar-refractivity contribution in [3.8, 4) is 0 Å². The van der Waals surface area contributed by atoms with Crippen LogP contribution < -0.4 is 5.32 Å². The molecule has 1 aliphatic heterocycles. The summed E-state index contributed by atoms with van der Waals surface area (Å²) in [7, 11) is 2.07. The van der Waals surface area contributed by atoms with E-state index in [2.05, 4.69) is 69.5 Å². The number of thiophene rings is 1. The zero-order valence-corrected chi connectivity index (χ0v) is 13.4.